The molecule has 0 heterocycles. The van der Waals surface area contributed by atoms with Crippen molar-refractivity contribution in [2.45, 2.75) is 33.2 Å². The van der Waals surface area contributed by atoms with Crippen molar-refractivity contribution in [2.24, 2.45) is 5.92 Å². The monoisotopic (exact) mass is 450 g/mol. The molecule has 4 nitrogen and oxygen atoms in total. The van der Waals surface area contributed by atoms with Gasteiger partial charge in [-0.2, -0.15) is 0 Å². The van der Waals surface area contributed by atoms with Gasteiger partial charge in [-0.15, -0.1) is 0 Å². The second-order valence-electron chi connectivity index (χ2n) is 6.40. The van der Waals surface area contributed by atoms with E-state index in [-0.39, 0.29) is 24.2 Å². The Hall–Kier alpha value is -1.89. The number of nitrogens with one attached hydrogen (secondary N) is 2. The Bertz CT molecular complexity index is 745. The summed E-state index contributed by atoms with van der Waals surface area (Å²) in [7, 11) is 0. The number of amides is 2. The van der Waals surface area contributed by atoms with Crippen molar-refractivity contribution >= 4 is 40.1 Å². The third kappa shape index (κ3) is 5.85. The molecule has 1 atom stereocenters. The second-order valence-corrected chi connectivity index (χ2v) is 7.65. The van der Waals surface area contributed by atoms with E-state index in [1.165, 1.54) is 0 Å². The molecule has 2 aromatic carbocycles. The minimum Gasteiger partial charge on any atom is -0.344 e. The van der Waals surface area contributed by atoms with E-state index in [4.69, 9.17) is 0 Å². The Balaban J connectivity index is 2.03. The molecule has 0 saturated heterocycles. The number of benzene rings is 2. The van der Waals surface area contributed by atoms with Gasteiger partial charge in [0.1, 0.15) is 6.04 Å². The van der Waals surface area contributed by atoms with Gasteiger partial charge in [-0.1, -0.05) is 44.2 Å². The van der Waals surface area contributed by atoms with Gasteiger partial charge in [0.25, 0.3) is 0 Å². The predicted octanol–water partition coefficient (Wildman–Crippen LogP) is 3.92. The van der Waals surface area contributed by atoms with Crippen LogP contribution in [0.1, 0.15) is 25.0 Å². The Labute approximate surface area is 162 Å². The van der Waals surface area contributed by atoms with E-state index < -0.39 is 6.04 Å². The van der Waals surface area contributed by atoms with Crippen LogP contribution in [0.5, 0.6) is 0 Å². The summed E-state index contributed by atoms with van der Waals surface area (Å²) >= 11 is 2.24. The molecule has 0 bridgehead atoms. The molecule has 25 heavy (non-hydrogen) atoms. The van der Waals surface area contributed by atoms with Gasteiger partial charge < -0.3 is 10.6 Å². The van der Waals surface area contributed by atoms with Crippen molar-refractivity contribution in [3.05, 3.63) is 63.2 Å². The highest BCUT2D eigenvalue weighted by molar-refractivity contribution is 14.1. The third-order valence-electron chi connectivity index (χ3n) is 3.92. The van der Waals surface area contributed by atoms with E-state index in [2.05, 4.69) is 33.2 Å². The van der Waals surface area contributed by atoms with Gasteiger partial charge in [0, 0.05) is 9.26 Å². The summed E-state index contributed by atoms with van der Waals surface area (Å²) in [6.07, 6.45) is 0.264. The summed E-state index contributed by atoms with van der Waals surface area (Å²) in [6, 6.07) is 14.8. The molecule has 0 aliphatic rings. The Morgan fingerprint density at radius 1 is 1.08 bits per heavy atom. The van der Waals surface area contributed by atoms with Gasteiger partial charge in [0.05, 0.1) is 6.42 Å². The van der Waals surface area contributed by atoms with Crippen molar-refractivity contribution in [3.8, 4) is 0 Å². The summed E-state index contributed by atoms with van der Waals surface area (Å²) in [5.74, 6) is -0.357. The van der Waals surface area contributed by atoms with E-state index in [9.17, 15) is 9.59 Å². The average molecular weight is 450 g/mol. The Morgan fingerprint density at radius 3 is 2.36 bits per heavy atom. The maximum atomic E-state index is 12.7. The topological polar surface area (TPSA) is 58.2 Å². The molecule has 0 unspecified atom stereocenters. The highest BCUT2D eigenvalue weighted by Gasteiger charge is 2.24. The van der Waals surface area contributed by atoms with Crippen LogP contribution in [0, 0.1) is 16.4 Å². The molecular weight excluding hydrogens is 427 g/mol. The Morgan fingerprint density at radius 2 is 1.76 bits per heavy atom. The maximum absolute atomic E-state index is 12.7. The highest BCUT2D eigenvalue weighted by Crippen LogP contribution is 2.18. The Kier molecular flexibility index (Phi) is 6.99. The molecule has 2 rings (SSSR count). The number of carbonyl (C=O) groups excluding carboxylic acids is 2. The molecule has 0 saturated carbocycles. The van der Waals surface area contributed by atoms with Crippen LogP contribution in [-0.2, 0) is 16.0 Å². The van der Waals surface area contributed by atoms with Crippen LogP contribution in [0.2, 0.25) is 0 Å². The van der Waals surface area contributed by atoms with Crippen LogP contribution in [-0.4, -0.2) is 17.9 Å². The summed E-state index contributed by atoms with van der Waals surface area (Å²) < 4.78 is 1.12. The van der Waals surface area contributed by atoms with Gasteiger partial charge in [0.2, 0.25) is 11.8 Å². The van der Waals surface area contributed by atoms with Crippen LogP contribution in [0.15, 0.2) is 48.5 Å². The van der Waals surface area contributed by atoms with Crippen LogP contribution >= 0.6 is 22.6 Å². The van der Waals surface area contributed by atoms with Gasteiger partial charge in [-0.3, -0.25) is 9.59 Å². The predicted molar refractivity (Wildman–Crippen MR) is 109 cm³/mol. The van der Waals surface area contributed by atoms with Gasteiger partial charge in [-0.25, -0.2) is 0 Å². The maximum Gasteiger partial charge on any atom is 0.247 e. The SMILES string of the molecule is Cc1cc(I)ccc1NC(=O)[C@@H](NC(=O)Cc1ccccc1)C(C)C. The van der Waals surface area contributed by atoms with Crippen LogP contribution in [0.25, 0.3) is 0 Å². The fourth-order valence-corrected chi connectivity index (χ4v) is 3.17. The van der Waals surface area contributed by atoms with E-state index >= 15 is 0 Å². The van der Waals surface area contributed by atoms with Gasteiger partial charge in [-0.05, 0) is 64.8 Å². The van der Waals surface area contributed by atoms with Crippen molar-refractivity contribution in [1.29, 1.82) is 0 Å². The van der Waals surface area contributed by atoms with Crippen LogP contribution in [0.4, 0.5) is 5.69 Å². The third-order valence-corrected chi connectivity index (χ3v) is 4.59. The zero-order valence-corrected chi connectivity index (χ0v) is 16.8. The molecular formula is C20H23IN2O2. The number of aryl methyl sites for hydroxylation is 1. The minimum absolute atomic E-state index is 0.0103. The number of hydrogen-bond donors (Lipinski definition) is 2. The quantitative estimate of drug-likeness (QED) is 0.656. The zero-order chi connectivity index (χ0) is 18.4. The number of halogens is 1. The molecule has 5 heteroatoms. The van der Waals surface area contributed by atoms with Gasteiger partial charge in [0.15, 0.2) is 0 Å². The van der Waals surface area contributed by atoms with Crippen molar-refractivity contribution in [2.75, 3.05) is 5.32 Å². The molecule has 132 valence electrons. The first-order chi connectivity index (χ1) is 11.9. The van der Waals surface area contributed by atoms with E-state index in [1.807, 2.05) is 69.3 Å². The molecule has 2 amide bonds. The normalized spacial score (nSPS) is 11.9. The highest BCUT2D eigenvalue weighted by atomic mass is 127. The molecule has 0 radical (unpaired) electrons. The van der Waals surface area contributed by atoms with Crippen molar-refractivity contribution < 1.29 is 9.59 Å². The molecule has 0 spiro atoms. The first kappa shape index (κ1) is 19.4. The number of anilines is 1. The molecule has 0 fully saturated rings. The first-order valence-corrected chi connectivity index (χ1v) is 9.35. The molecule has 0 aliphatic carbocycles. The minimum atomic E-state index is -0.574. The number of rotatable bonds is 6. The zero-order valence-electron chi connectivity index (χ0n) is 14.7. The molecule has 0 aliphatic heterocycles. The smallest absolute Gasteiger partial charge is 0.247 e. The summed E-state index contributed by atoms with van der Waals surface area (Å²) in [4.78, 5) is 25.0. The lowest BCUT2D eigenvalue weighted by molar-refractivity contribution is -0.127. The molecule has 0 aromatic heterocycles. The van der Waals surface area contributed by atoms with Gasteiger partial charge >= 0.3 is 0 Å². The summed E-state index contributed by atoms with van der Waals surface area (Å²) in [5, 5.41) is 5.79. The lowest BCUT2D eigenvalue weighted by Crippen LogP contribution is -2.47. The lowest BCUT2D eigenvalue weighted by atomic mass is 10.0. The largest absolute Gasteiger partial charge is 0.344 e. The summed E-state index contributed by atoms with van der Waals surface area (Å²) in [5.41, 5.74) is 2.70. The number of carbonyl (C=O) groups is 2. The molecule has 2 N–H and O–H groups in total. The average Bonchev–Trinajstić information content (AvgIpc) is 2.55. The molecule has 2 aromatic rings. The summed E-state index contributed by atoms with van der Waals surface area (Å²) in [6.45, 7) is 5.80. The van der Waals surface area contributed by atoms with Crippen molar-refractivity contribution in [3.63, 3.8) is 0 Å². The second kappa shape index (κ2) is 8.99. The van der Waals surface area contributed by atoms with Crippen molar-refractivity contribution in [1.82, 2.24) is 5.32 Å². The van der Waals surface area contributed by atoms with Crippen LogP contribution < -0.4 is 10.6 Å². The van der Waals surface area contributed by atoms with E-state index in [0.29, 0.717) is 0 Å². The first-order valence-electron chi connectivity index (χ1n) is 8.27. The van der Waals surface area contributed by atoms with E-state index in [0.717, 1.165) is 20.4 Å². The number of hydrogen-bond acceptors (Lipinski definition) is 2. The van der Waals surface area contributed by atoms with E-state index in [1.54, 1.807) is 0 Å². The fourth-order valence-electron chi connectivity index (χ4n) is 2.52. The van der Waals surface area contributed by atoms with Crippen LogP contribution in [0.3, 0.4) is 0 Å². The standard InChI is InChI=1S/C20H23IN2O2/c1-13(2)19(23-18(24)12-15-7-5-4-6-8-15)20(25)22-17-10-9-16(21)11-14(17)3/h4-11,13,19H,12H2,1-3H3,(H,22,25)(H,23,24)/t19-/m0/s1. The lowest BCUT2D eigenvalue weighted by Gasteiger charge is -2.22. The fraction of sp³-hybridized carbons (Fsp3) is 0.300.